The highest BCUT2D eigenvalue weighted by atomic mass is 35.5. The average molecular weight is 518 g/mol. The van der Waals surface area contributed by atoms with Gasteiger partial charge in [-0.3, -0.25) is 14.5 Å². The number of rotatable bonds is 7. The molecule has 1 aliphatic heterocycles. The SMILES string of the molecule is COc1cccc(/C=C2\SC(=O)N(Cc3c(F)cccc3Cl)C2=O)c1OCc1cccc(Cl)c1. The van der Waals surface area contributed by atoms with Crippen LogP contribution in [0.15, 0.2) is 65.6 Å². The minimum Gasteiger partial charge on any atom is -0.493 e. The normalized spacial score (nSPS) is 14.7. The summed E-state index contributed by atoms with van der Waals surface area (Å²) in [4.78, 5) is 26.7. The number of nitrogens with zero attached hydrogens (tertiary/aromatic N) is 1. The molecule has 0 radical (unpaired) electrons. The van der Waals surface area contributed by atoms with Gasteiger partial charge >= 0.3 is 0 Å². The first-order chi connectivity index (χ1) is 16.4. The summed E-state index contributed by atoms with van der Waals surface area (Å²) in [6.07, 6.45) is 1.56. The van der Waals surface area contributed by atoms with Gasteiger partial charge < -0.3 is 9.47 Å². The van der Waals surface area contributed by atoms with Crippen molar-refractivity contribution in [2.45, 2.75) is 13.2 Å². The maximum absolute atomic E-state index is 14.2. The van der Waals surface area contributed by atoms with E-state index in [1.165, 1.54) is 25.3 Å². The highest BCUT2D eigenvalue weighted by Crippen LogP contribution is 2.38. The smallest absolute Gasteiger partial charge is 0.293 e. The van der Waals surface area contributed by atoms with Crippen molar-refractivity contribution in [2.24, 2.45) is 0 Å². The number of carbonyl (C=O) groups is 2. The van der Waals surface area contributed by atoms with Gasteiger partial charge in [-0.05, 0) is 53.7 Å². The topological polar surface area (TPSA) is 55.8 Å². The van der Waals surface area contributed by atoms with Crippen molar-refractivity contribution in [3.8, 4) is 11.5 Å². The molecule has 34 heavy (non-hydrogen) atoms. The standard InChI is InChI=1S/C25H18Cl2FNO4S/c1-32-21-10-3-6-16(23(21)33-14-15-5-2-7-17(26)11-15)12-22-24(30)29(25(31)34-22)13-18-19(27)8-4-9-20(18)28/h2-12H,13-14H2,1H3/b22-12-. The van der Waals surface area contributed by atoms with Crippen molar-refractivity contribution < 1.29 is 23.5 Å². The van der Waals surface area contributed by atoms with Crippen molar-refractivity contribution in [1.82, 2.24) is 4.90 Å². The van der Waals surface area contributed by atoms with Crippen LogP contribution >= 0.6 is 35.0 Å². The molecule has 1 saturated heterocycles. The third-order valence-electron chi connectivity index (χ3n) is 5.04. The summed E-state index contributed by atoms with van der Waals surface area (Å²) in [5, 5.41) is 0.220. The molecule has 5 nitrogen and oxygen atoms in total. The summed E-state index contributed by atoms with van der Waals surface area (Å²) in [6, 6.07) is 16.7. The molecule has 9 heteroatoms. The van der Waals surface area contributed by atoms with E-state index >= 15 is 0 Å². The summed E-state index contributed by atoms with van der Waals surface area (Å²) >= 11 is 12.9. The van der Waals surface area contributed by atoms with Crippen LogP contribution in [0.5, 0.6) is 11.5 Å². The maximum atomic E-state index is 14.2. The molecule has 0 aromatic heterocycles. The van der Waals surface area contributed by atoms with Crippen LogP contribution in [0.3, 0.4) is 0 Å². The summed E-state index contributed by atoms with van der Waals surface area (Å²) in [6.45, 7) is -0.0429. The molecular weight excluding hydrogens is 500 g/mol. The number of benzene rings is 3. The quantitative estimate of drug-likeness (QED) is 0.317. The second-order valence-electron chi connectivity index (χ2n) is 7.27. The Bertz CT molecular complexity index is 1280. The van der Waals surface area contributed by atoms with E-state index in [2.05, 4.69) is 0 Å². The summed E-state index contributed by atoms with van der Waals surface area (Å²) < 4.78 is 25.6. The molecule has 0 aliphatic carbocycles. The van der Waals surface area contributed by atoms with E-state index in [4.69, 9.17) is 32.7 Å². The molecule has 3 aromatic rings. The van der Waals surface area contributed by atoms with Gasteiger partial charge in [-0.1, -0.05) is 53.5 Å². The number of carbonyl (C=O) groups excluding carboxylic acids is 2. The Hall–Kier alpha value is -3.00. The Balaban J connectivity index is 1.61. The van der Waals surface area contributed by atoms with Crippen LogP contribution in [0.4, 0.5) is 9.18 Å². The number of para-hydroxylation sites is 1. The zero-order valence-corrected chi connectivity index (χ0v) is 20.2. The van der Waals surface area contributed by atoms with Gasteiger partial charge in [0.15, 0.2) is 11.5 Å². The molecule has 1 heterocycles. The summed E-state index contributed by atoms with van der Waals surface area (Å²) in [7, 11) is 1.51. The largest absolute Gasteiger partial charge is 0.493 e. The lowest BCUT2D eigenvalue weighted by Gasteiger charge is -2.15. The first-order valence-electron chi connectivity index (χ1n) is 10.1. The van der Waals surface area contributed by atoms with Gasteiger partial charge in [0, 0.05) is 21.2 Å². The third kappa shape index (κ3) is 5.22. The second kappa shape index (κ2) is 10.5. The Morgan fingerprint density at radius 3 is 2.56 bits per heavy atom. The first kappa shape index (κ1) is 24.1. The molecule has 3 aromatic carbocycles. The van der Waals surface area contributed by atoms with E-state index in [1.54, 1.807) is 36.4 Å². The van der Waals surface area contributed by atoms with Gasteiger partial charge in [-0.2, -0.15) is 0 Å². The fraction of sp³-hybridized carbons (Fsp3) is 0.120. The Morgan fingerprint density at radius 1 is 1.06 bits per heavy atom. The van der Waals surface area contributed by atoms with E-state index < -0.39 is 17.0 Å². The van der Waals surface area contributed by atoms with Gasteiger partial charge in [0.2, 0.25) is 0 Å². The molecular formula is C25H18Cl2FNO4S. The van der Waals surface area contributed by atoms with Crippen LogP contribution in [0, 0.1) is 5.82 Å². The number of ether oxygens (including phenoxy) is 2. The van der Waals surface area contributed by atoms with Crippen molar-refractivity contribution in [2.75, 3.05) is 7.11 Å². The number of amides is 2. The van der Waals surface area contributed by atoms with Crippen LogP contribution in [-0.4, -0.2) is 23.2 Å². The van der Waals surface area contributed by atoms with Crippen LogP contribution in [0.2, 0.25) is 10.0 Å². The molecule has 0 unspecified atom stereocenters. The number of hydrogen-bond acceptors (Lipinski definition) is 5. The first-order valence-corrected chi connectivity index (χ1v) is 11.7. The van der Waals surface area contributed by atoms with Crippen LogP contribution in [-0.2, 0) is 17.9 Å². The number of imide groups is 1. The van der Waals surface area contributed by atoms with E-state index in [-0.39, 0.29) is 28.6 Å². The van der Waals surface area contributed by atoms with Gasteiger partial charge in [-0.25, -0.2) is 4.39 Å². The third-order valence-corrected chi connectivity index (χ3v) is 6.54. The van der Waals surface area contributed by atoms with Gasteiger partial charge in [0.05, 0.1) is 18.6 Å². The molecule has 0 saturated carbocycles. The molecule has 4 rings (SSSR count). The molecule has 2 amide bonds. The van der Waals surface area contributed by atoms with E-state index in [1.807, 2.05) is 12.1 Å². The summed E-state index contributed by atoms with van der Waals surface area (Å²) in [5.41, 5.74) is 1.49. The van der Waals surface area contributed by atoms with Crippen molar-refractivity contribution in [3.05, 3.63) is 98.1 Å². The predicted molar refractivity (Wildman–Crippen MR) is 132 cm³/mol. The van der Waals surface area contributed by atoms with Crippen LogP contribution < -0.4 is 9.47 Å². The molecule has 1 fully saturated rings. The number of halogens is 3. The Labute approximate surface area is 210 Å². The lowest BCUT2D eigenvalue weighted by Crippen LogP contribution is -2.28. The van der Waals surface area contributed by atoms with Crippen LogP contribution in [0.25, 0.3) is 6.08 Å². The van der Waals surface area contributed by atoms with Crippen LogP contribution in [0.1, 0.15) is 16.7 Å². The highest BCUT2D eigenvalue weighted by molar-refractivity contribution is 8.18. The number of methoxy groups -OCH3 is 1. The zero-order chi connectivity index (χ0) is 24.2. The minimum atomic E-state index is -0.583. The van der Waals surface area contributed by atoms with Crippen molar-refractivity contribution >= 4 is 52.2 Å². The van der Waals surface area contributed by atoms with E-state index in [0.717, 1.165) is 22.2 Å². The van der Waals surface area contributed by atoms with Gasteiger partial charge in [0.1, 0.15) is 12.4 Å². The fourth-order valence-corrected chi connectivity index (χ4v) is 4.63. The summed E-state index contributed by atoms with van der Waals surface area (Å²) in [5.74, 6) is -0.250. The maximum Gasteiger partial charge on any atom is 0.293 e. The predicted octanol–water partition coefficient (Wildman–Crippen LogP) is 6.96. The number of hydrogen-bond donors (Lipinski definition) is 0. The fourth-order valence-electron chi connectivity index (χ4n) is 3.36. The van der Waals surface area contributed by atoms with Crippen molar-refractivity contribution in [1.29, 1.82) is 0 Å². The van der Waals surface area contributed by atoms with E-state index in [9.17, 15) is 14.0 Å². The number of thioether (sulfide) groups is 1. The monoisotopic (exact) mass is 517 g/mol. The highest BCUT2D eigenvalue weighted by Gasteiger charge is 2.36. The Morgan fingerprint density at radius 2 is 1.82 bits per heavy atom. The van der Waals surface area contributed by atoms with Gasteiger partial charge in [0.25, 0.3) is 11.1 Å². The minimum absolute atomic E-state index is 0.0830. The molecule has 0 spiro atoms. The lowest BCUT2D eigenvalue weighted by atomic mass is 10.1. The lowest BCUT2D eigenvalue weighted by molar-refractivity contribution is -0.123. The molecule has 174 valence electrons. The molecule has 0 atom stereocenters. The molecule has 0 N–H and O–H groups in total. The van der Waals surface area contributed by atoms with E-state index in [0.29, 0.717) is 22.1 Å². The second-order valence-corrected chi connectivity index (χ2v) is 9.10. The van der Waals surface area contributed by atoms with Gasteiger partial charge in [-0.15, -0.1) is 0 Å². The van der Waals surface area contributed by atoms with Crippen molar-refractivity contribution in [3.63, 3.8) is 0 Å². The Kier molecular flexibility index (Phi) is 7.46. The molecule has 0 bridgehead atoms. The average Bonchev–Trinajstić information content (AvgIpc) is 3.07. The molecule has 1 aliphatic rings. The zero-order valence-electron chi connectivity index (χ0n) is 17.9.